The molecule has 0 fully saturated rings. The minimum atomic E-state index is -0.559. The first-order chi connectivity index (χ1) is 7.51. The Morgan fingerprint density at radius 3 is 2.31 bits per heavy atom. The lowest BCUT2D eigenvalue weighted by Crippen LogP contribution is -2.25. The van der Waals surface area contributed by atoms with E-state index in [-0.39, 0.29) is 11.5 Å². The third-order valence-electron chi connectivity index (χ3n) is 2.30. The topological polar surface area (TPSA) is 98.2 Å². The largest absolute Gasteiger partial charge is 0.378 e. The molecule has 0 radical (unpaired) electrons. The summed E-state index contributed by atoms with van der Waals surface area (Å²) in [7, 11) is 0. The number of anilines is 2. The van der Waals surface area contributed by atoms with Gasteiger partial charge in [-0.15, -0.1) is 0 Å². The van der Waals surface area contributed by atoms with Crippen LogP contribution in [-0.4, -0.2) is 28.0 Å². The molecule has 16 heavy (non-hydrogen) atoms. The Labute approximate surface area is 93.4 Å². The van der Waals surface area contributed by atoms with Crippen molar-refractivity contribution in [2.24, 2.45) is 0 Å². The summed E-state index contributed by atoms with van der Waals surface area (Å²) in [6, 6.07) is 0. The van der Waals surface area contributed by atoms with E-state index in [1.54, 1.807) is 6.92 Å². The van der Waals surface area contributed by atoms with E-state index in [1.807, 2.05) is 18.7 Å². The maximum Gasteiger partial charge on any atom is 0.332 e. The van der Waals surface area contributed by atoms with Crippen molar-refractivity contribution in [3.63, 3.8) is 0 Å². The van der Waals surface area contributed by atoms with Crippen molar-refractivity contribution in [1.82, 2.24) is 9.97 Å². The second-order valence-corrected chi connectivity index (χ2v) is 3.27. The molecule has 7 nitrogen and oxygen atoms in total. The third-order valence-corrected chi connectivity index (χ3v) is 2.30. The number of hydrogen-bond donors (Lipinski definition) is 1. The van der Waals surface area contributed by atoms with E-state index >= 15 is 0 Å². The van der Waals surface area contributed by atoms with Crippen molar-refractivity contribution >= 4 is 17.5 Å². The first-order valence-corrected chi connectivity index (χ1v) is 5.04. The van der Waals surface area contributed by atoms with Gasteiger partial charge in [0.15, 0.2) is 0 Å². The van der Waals surface area contributed by atoms with Crippen LogP contribution < -0.4 is 10.6 Å². The van der Waals surface area contributed by atoms with Crippen LogP contribution in [-0.2, 0) is 0 Å². The molecule has 0 saturated carbocycles. The molecule has 0 amide bonds. The lowest BCUT2D eigenvalue weighted by Gasteiger charge is -2.18. The molecule has 0 aliphatic carbocycles. The standard InChI is InChI=1S/C9H15N5O2/c1-4-13(5-2)9-11-6(3)7(14(15)16)8(10)12-9/h4-5H2,1-3H3,(H2,10,11,12). The zero-order valence-electron chi connectivity index (χ0n) is 9.60. The molecule has 1 aromatic rings. The third kappa shape index (κ3) is 2.18. The number of nitrogens with two attached hydrogens (primary N) is 1. The Bertz CT molecular complexity index is 380. The predicted octanol–water partition coefficient (Wildman–Crippen LogP) is 1.12. The SMILES string of the molecule is CCN(CC)c1nc(C)c([N+](=O)[O-])c(N)n1. The maximum absolute atomic E-state index is 10.7. The second-order valence-electron chi connectivity index (χ2n) is 3.27. The zero-order chi connectivity index (χ0) is 12.3. The molecule has 0 aliphatic heterocycles. The van der Waals surface area contributed by atoms with Crippen LogP contribution in [0.25, 0.3) is 0 Å². The number of rotatable bonds is 4. The molecule has 88 valence electrons. The summed E-state index contributed by atoms with van der Waals surface area (Å²) >= 11 is 0. The van der Waals surface area contributed by atoms with Crippen LogP contribution in [0.3, 0.4) is 0 Å². The summed E-state index contributed by atoms with van der Waals surface area (Å²) < 4.78 is 0. The second kappa shape index (κ2) is 4.73. The zero-order valence-corrected chi connectivity index (χ0v) is 9.60. The number of aromatic nitrogens is 2. The summed E-state index contributed by atoms with van der Waals surface area (Å²) in [6.07, 6.45) is 0. The Balaban J connectivity index is 3.23. The number of aryl methyl sites for hydroxylation is 1. The van der Waals surface area contributed by atoms with Gasteiger partial charge in [0.05, 0.1) is 4.92 Å². The first kappa shape index (κ1) is 12.2. The molecule has 1 heterocycles. The first-order valence-electron chi connectivity index (χ1n) is 5.04. The summed E-state index contributed by atoms with van der Waals surface area (Å²) in [5.74, 6) is 0.352. The Kier molecular flexibility index (Phi) is 3.60. The molecule has 0 atom stereocenters. The normalized spacial score (nSPS) is 10.2. The molecule has 1 aromatic heterocycles. The fraction of sp³-hybridized carbons (Fsp3) is 0.556. The van der Waals surface area contributed by atoms with Crippen LogP contribution in [0, 0.1) is 17.0 Å². The predicted molar refractivity (Wildman–Crippen MR) is 61.4 cm³/mol. The number of nitrogens with zero attached hydrogens (tertiary/aromatic N) is 4. The van der Waals surface area contributed by atoms with Gasteiger partial charge >= 0.3 is 5.69 Å². The molecule has 2 N–H and O–H groups in total. The van der Waals surface area contributed by atoms with E-state index in [1.165, 1.54) is 0 Å². The van der Waals surface area contributed by atoms with Gasteiger partial charge in [0, 0.05) is 13.1 Å². The van der Waals surface area contributed by atoms with Crippen molar-refractivity contribution < 1.29 is 4.92 Å². The van der Waals surface area contributed by atoms with Gasteiger partial charge in [-0.2, -0.15) is 4.98 Å². The summed E-state index contributed by atoms with van der Waals surface area (Å²) in [5.41, 5.74) is 5.63. The van der Waals surface area contributed by atoms with Crippen molar-refractivity contribution in [3.8, 4) is 0 Å². The van der Waals surface area contributed by atoms with E-state index in [2.05, 4.69) is 9.97 Å². The molecule has 0 unspecified atom stereocenters. The van der Waals surface area contributed by atoms with Crippen LogP contribution >= 0.6 is 0 Å². The molecular weight excluding hydrogens is 210 g/mol. The minimum absolute atomic E-state index is 0.0839. The van der Waals surface area contributed by atoms with Crippen molar-refractivity contribution in [3.05, 3.63) is 15.8 Å². The van der Waals surface area contributed by atoms with Gasteiger partial charge in [-0.1, -0.05) is 0 Å². The number of nitro groups is 1. The molecule has 1 rings (SSSR count). The van der Waals surface area contributed by atoms with Gasteiger partial charge in [-0.25, -0.2) is 4.98 Å². The lowest BCUT2D eigenvalue weighted by molar-refractivity contribution is -0.385. The van der Waals surface area contributed by atoms with Gasteiger partial charge in [0.2, 0.25) is 11.8 Å². The van der Waals surface area contributed by atoms with E-state index in [0.29, 0.717) is 11.6 Å². The molecule has 0 aliphatic rings. The number of hydrogen-bond acceptors (Lipinski definition) is 6. The Morgan fingerprint density at radius 1 is 1.38 bits per heavy atom. The fourth-order valence-corrected chi connectivity index (χ4v) is 1.45. The van der Waals surface area contributed by atoms with E-state index in [0.717, 1.165) is 13.1 Å². The Morgan fingerprint density at radius 2 is 1.94 bits per heavy atom. The molecule has 0 aromatic carbocycles. The molecular formula is C9H15N5O2. The average Bonchev–Trinajstić information content (AvgIpc) is 2.17. The quantitative estimate of drug-likeness (QED) is 0.609. The molecule has 7 heteroatoms. The monoisotopic (exact) mass is 225 g/mol. The minimum Gasteiger partial charge on any atom is -0.378 e. The maximum atomic E-state index is 10.7. The molecule has 0 spiro atoms. The highest BCUT2D eigenvalue weighted by atomic mass is 16.6. The van der Waals surface area contributed by atoms with Crippen LogP contribution in [0.15, 0.2) is 0 Å². The smallest absolute Gasteiger partial charge is 0.332 e. The Hall–Kier alpha value is -1.92. The molecule has 0 bridgehead atoms. The average molecular weight is 225 g/mol. The van der Waals surface area contributed by atoms with Gasteiger partial charge in [-0.3, -0.25) is 10.1 Å². The highest BCUT2D eigenvalue weighted by molar-refractivity contribution is 5.58. The van der Waals surface area contributed by atoms with Crippen molar-refractivity contribution in [2.45, 2.75) is 20.8 Å². The molecule has 0 saturated heterocycles. The highest BCUT2D eigenvalue weighted by Crippen LogP contribution is 2.24. The van der Waals surface area contributed by atoms with Gasteiger partial charge < -0.3 is 10.6 Å². The summed E-state index contributed by atoms with van der Waals surface area (Å²) in [6.45, 7) is 6.93. The van der Waals surface area contributed by atoms with E-state index in [4.69, 9.17) is 5.73 Å². The van der Waals surface area contributed by atoms with Gasteiger partial charge in [-0.05, 0) is 20.8 Å². The van der Waals surface area contributed by atoms with Crippen molar-refractivity contribution in [2.75, 3.05) is 23.7 Å². The highest BCUT2D eigenvalue weighted by Gasteiger charge is 2.20. The fourth-order valence-electron chi connectivity index (χ4n) is 1.45. The number of nitrogen functional groups attached to an aromatic ring is 1. The summed E-state index contributed by atoms with van der Waals surface area (Å²) in [5, 5.41) is 10.7. The van der Waals surface area contributed by atoms with Crippen LogP contribution in [0.2, 0.25) is 0 Å². The summed E-state index contributed by atoms with van der Waals surface area (Å²) in [4.78, 5) is 20.1. The van der Waals surface area contributed by atoms with E-state index < -0.39 is 4.92 Å². The van der Waals surface area contributed by atoms with Crippen LogP contribution in [0.4, 0.5) is 17.5 Å². The van der Waals surface area contributed by atoms with Crippen LogP contribution in [0.5, 0.6) is 0 Å². The van der Waals surface area contributed by atoms with Gasteiger partial charge in [0.1, 0.15) is 5.69 Å². The van der Waals surface area contributed by atoms with Gasteiger partial charge in [0.25, 0.3) is 0 Å². The van der Waals surface area contributed by atoms with Crippen molar-refractivity contribution in [1.29, 1.82) is 0 Å². The lowest BCUT2D eigenvalue weighted by atomic mass is 10.3. The van der Waals surface area contributed by atoms with Crippen LogP contribution in [0.1, 0.15) is 19.5 Å². The van der Waals surface area contributed by atoms with E-state index in [9.17, 15) is 10.1 Å².